The van der Waals surface area contributed by atoms with Gasteiger partial charge in [0.05, 0.1) is 5.41 Å². The number of rotatable bonds is 11. The molecule has 0 aromatic heterocycles. The Labute approximate surface area is 141 Å². The smallest absolute Gasteiger partial charge is 0.314 e. The number of allylic oxidation sites excluding steroid dienone is 2. The van der Waals surface area contributed by atoms with Crippen molar-refractivity contribution in [3.8, 4) is 0 Å². The van der Waals surface area contributed by atoms with Crippen molar-refractivity contribution in [2.24, 2.45) is 17.3 Å². The van der Waals surface area contributed by atoms with E-state index in [4.69, 9.17) is 4.74 Å². The number of unbranched alkanes of at least 4 members (excludes halogenated alkanes) is 1. The molecule has 0 fully saturated rings. The zero-order valence-electron chi connectivity index (χ0n) is 15.3. The monoisotopic (exact) mass is 322 g/mol. The summed E-state index contributed by atoms with van der Waals surface area (Å²) in [5, 5.41) is 10.1. The Morgan fingerprint density at radius 1 is 1.39 bits per heavy atom. The molecule has 23 heavy (non-hydrogen) atoms. The van der Waals surface area contributed by atoms with E-state index in [9.17, 15) is 9.90 Å². The summed E-state index contributed by atoms with van der Waals surface area (Å²) in [6, 6.07) is 0. The van der Waals surface area contributed by atoms with Crippen molar-refractivity contribution in [2.75, 3.05) is 13.7 Å². The number of carboxylic acids is 1. The van der Waals surface area contributed by atoms with Gasteiger partial charge in [0.25, 0.3) is 0 Å². The molecule has 3 heteroatoms. The van der Waals surface area contributed by atoms with Crippen molar-refractivity contribution in [1.82, 2.24) is 0 Å². The molecule has 1 aliphatic carbocycles. The number of hydrogen-bond acceptors (Lipinski definition) is 2. The molecule has 0 aromatic rings. The van der Waals surface area contributed by atoms with Gasteiger partial charge in [-0.2, -0.15) is 0 Å². The van der Waals surface area contributed by atoms with Gasteiger partial charge < -0.3 is 9.84 Å². The van der Waals surface area contributed by atoms with Crippen LogP contribution in [0, 0.1) is 17.3 Å². The Bertz CT molecular complexity index is 423. The number of aliphatic carboxylic acids is 1. The number of methoxy groups -OCH3 is 1. The van der Waals surface area contributed by atoms with Crippen LogP contribution < -0.4 is 0 Å². The van der Waals surface area contributed by atoms with Crippen molar-refractivity contribution in [1.29, 1.82) is 0 Å². The number of carboxylic acid groups (broad SMARTS) is 1. The standard InChI is InChI=1S/C20H34O3/c1-5-6-11-18-17(12-15-23-4)10-8-14-20(18,19(21)22)13-7-9-16(2)3/h8,10,14,16,18H,5-7,9,11-13,15H2,1-4H3,(H,21,22). The normalized spacial score (nSPS) is 24.0. The molecule has 3 nitrogen and oxygen atoms in total. The second-order valence-electron chi connectivity index (χ2n) is 7.17. The van der Waals surface area contributed by atoms with Crippen LogP contribution >= 0.6 is 0 Å². The van der Waals surface area contributed by atoms with E-state index >= 15 is 0 Å². The summed E-state index contributed by atoms with van der Waals surface area (Å²) in [4.78, 5) is 12.2. The summed E-state index contributed by atoms with van der Waals surface area (Å²) in [6.07, 6.45) is 12.7. The van der Waals surface area contributed by atoms with E-state index in [1.165, 1.54) is 5.57 Å². The molecule has 0 saturated heterocycles. The third kappa shape index (κ3) is 5.49. The minimum absolute atomic E-state index is 0.104. The average Bonchev–Trinajstić information content (AvgIpc) is 2.51. The SMILES string of the molecule is CCCCC1C(CCOC)=CC=CC1(CCCC(C)C)C(=O)O. The fraction of sp³-hybridized carbons (Fsp3) is 0.750. The predicted octanol–water partition coefficient (Wildman–Crippen LogP) is 5.22. The largest absolute Gasteiger partial charge is 0.481 e. The molecule has 0 aliphatic heterocycles. The van der Waals surface area contributed by atoms with Crippen LogP contribution in [0.4, 0.5) is 0 Å². The summed E-state index contributed by atoms with van der Waals surface area (Å²) in [5.41, 5.74) is 0.511. The molecule has 0 aromatic carbocycles. The minimum atomic E-state index is -0.734. The van der Waals surface area contributed by atoms with Crippen molar-refractivity contribution in [3.05, 3.63) is 23.8 Å². The van der Waals surface area contributed by atoms with Crippen molar-refractivity contribution < 1.29 is 14.6 Å². The molecular weight excluding hydrogens is 288 g/mol. The van der Waals surface area contributed by atoms with Gasteiger partial charge in [-0.05, 0) is 31.1 Å². The van der Waals surface area contributed by atoms with Gasteiger partial charge in [-0.25, -0.2) is 0 Å². The Kier molecular flexibility index (Phi) is 8.60. The molecule has 1 aliphatic rings. The lowest BCUT2D eigenvalue weighted by molar-refractivity contribution is -0.149. The molecule has 0 bridgehead atoms. The summed E-state index contributed by atoms with van der Waals surface area (Å²) >= 11 is 0. The van der Waals surface area contributed by atoms with Crippen LogP contribution in [0.25, 0.3) is 0 Å². The Morgan fingerprint density at radius 2 is 2.13 bits per heavy atom. The van der Waals surface area contributed by atoms with Crippen LogP contribution in [0.3, 0.4) is 0 Å². The summed E-state index contributed by atoms with van der Waals surface area (Å²) in [6.45, 7) is 7.22. The first-order chi connectivity index (χ1) is 11.0. The van der Waals surface area contributed by atoms with Gasteiger partial charge >= 0.3 is 5.97 Å². The van der Waals surface area contributed by atoms with E-state index in [0.717, 1.165) is 44.9 Å². The maximum atomic E-state index is 12.2. The molecule has 1 rings (SSSR count). The van der Waals surface area contributed by atoms with Crippen LogP contribution in [-0.4, -0.2) is 24.8 Å². The van der Waals surface area contributed by atoms with Crippen molar-refractivity contribution in [3.63, 3.8) is 0 Å². The maximum Gasteiger partial charge on any atom is 0.314 e. The summed E-state index contributed by atoms with van der Waals surface area (Å²) < 4.78 is 5.23. The van der Waals surface area contributed by atoms with Crippen LogP contribution in [-0.2, 0) is 9.53 Å². The third-order valence-corrected chi connectivity index (χ3v) is 4.98. The topological polar surface area (TPSA) is 46.5 Å². The van der Waals surface area contributed by atoms with E-state index < -0.39 is 11.4 Å². The highest BCUT2D eigenvalue weighted by Gasteiger charge is 2.45. The van der Waals surface area contributed by atoms with Gasteiger partial charge in [0, 0.05) is 13.7 Å². The first kappa shape index (κ1) is 20.0. The number of carbonyl (C=O) groups is 1. The van der Waals surface area contributed by atoms with Gasteiger partial charge in [-0.3, -0.25) is 4.79 Å². The highest BCUT2D eigenvalue weighted by molar-refractivity contribution is 5.79. The lowest BCUT2D eigenvalue weighted by Gasteiger charge is -2.39. The van der Waals surface area contributed by atoms with Gasteiger partial charge in [0.15, 0.2) is 0 Å². The van der Waals surface area contributed by atoms with Crippen molar-refractivity contribution in [2.45, 2.75) is 65.7 Å². The van der Waals surface area contributed by atoms with E-state index in [1.807, 2.05) is 12.2 Å². The zero-order chi connectivity index (χ0) is 17.3. The molecule has 0 heterocycles. The van der Waals surface area contributed by atoms with E-state index in [0.29, 0.717) is 12.5 Å². The zero-order valence-corrected chi connectivity index (χ0v) is 15.3. The van der Waals surface area contributed by atoms with Crippen LogP contribution in [0.2, 0.25) is 0 Å². The number of ether oxygens (including phenoxy) is 1. The highest BCUT2D eigenvalue weighted by Crippen LogP contribution is 2.46. The molecule has 2 atom stereocenters. The third-order valence-electron chi connectivity index (χ3n) is 4.98. The fourth-order valence-electron chi connectivity index (χ4n) is 3.62. The Balaban J connectivity index is 3.00. The van der Waals surface area contributed by atoms with Crippen molar-refractivity contribution >= 4 is 5.97 Å². The van der Waals surface area contributed by atoms with Gasteiger partial charge in [-0.15, -0.1) is 0 Å². The quantitative estimate of drug-likeness (QED) is 0.567. The minimum Gasteiger partial charge on any atom is -0.481 e. The number of hydrogen-bond donors (Lipinski definition) is 1. The average molecular weight is 322 g/mol. The summed E-state index contributed by atoms with van der Waals surface area (Å²) in [5.74, 6) is 0.0555. The molecule has 132 valence electrons. The Morgan fingerprint density at radius 3 is 2.70 bits per heavy atom. The highest BCUT2D eigenvalue weighted by atomic mass is 16.5. The fourth-order valence-corrected chi connectivity index (χ4v) is 3.62. The van der Waals surface area contributed by atoms with Crippen LogP contribution in [0.5, 0.6) is 0 Å². The summed E-state index contributed by atoms with van der Waals surface area (Å²) in [7, 11) is 1.70. The predicted molar refractivity (Wildman–Crippen MR) is 95.5 cm³/mol. The first-order valence-electron chi connectivity index (χ1n) is 9.08. The second kappa shape index (κ2) is 9.92. The molecule has 0 amide bonds. The first-order valence-corrected chi connectivity index (χ1v) is 9.08. The van der Waals surface area contributed by atoms with E-state index in [2.05, 4.69) is 26.8 Å². The molecule has 0 radical (unpaired) electrons. The molecule has 0 spiro atoms. The van der Waals surface area contributed by atoms with E-state index in [1.54, 1.807) is 7.11 Å². The lowest BCUT2D eigenvalue weighted by atomic mass is 9.64. The maximum absolute atomic E-state index is 12.2. The second-order valence-corrected chi connectivity index (χ2v) is 7.17. The van der Waals surface area contributed by atoms with Crippen LogP contribution in [0.1, 0.15) is 65.7 Å². The molecular formula is C20H34O3. The lowest BCUT2D eigenvalue weighted by Crippen LogP contribution is -2.39. The van der Waals surface area contributed by atoms with Crippen LogP contribution in [0.15, 0.2) is 23.8 Å². The van der Waals surface area contributed by atoms with E-state index in [-0.39, 0.29) is 5.92 Å². The molecule has 1 N–H and O–H groups in total. The molecule has 2 unspecified atom stereocenters. The van der Waals surface area contributed by atoms with Gasteiger partial charge in [-0.1, -0.05) is 70.3 Å². The Hall–Kier alpha value is -1.09. The van der Waals surface area contributed by atoms with Gasteiger partial charge in [0.2, 0.25) is 0 Å². The molecule has 0 saturated carbocycles. The van der Waals surface area contributed by atoms with Gasteiger partial charge in [0.1, 0.15) is 0 Å².